The number of carboxylic acids is 1. The predicted octanol–water partition coefficient (Wildman–Crippen LogP) is -2.08. The number of halogens is 3. The number of alkyl halides is 3. The highest BCUT2D eigenvalue weighted by atomic mass is 19.4. The molecule has 1 aliphatic carbocycles. The summed E-state index contributed by atoms with van der Waals surface area (Å²) in [5.41, 5.74) is 25.6. The minimum Gasteiger partial charge on any atom is -0.475 e. The Bertz CT molecular complexity index is 930. The van der Waals surface area contributed by atoms with Crippen LogP contribution in [0, 0.1) is 0 Å². The van der Waals surface area contributed by atoms with Crippen LogP contribution < -0.4 is 22.9 Å². The summed E-state index contributed by atoms with van der Waals surface area (Å²) in [6.07, 6.45) is -12.4. The molecule has 0 aromatic heterocycles. The molecule has 47 heavy (non-hydrogen) atoms. The van der Waals surface area contributed by atoms with E-state index in [4.69, 9.17) is 84.9 Å². The Hall–Kier alpha value is -1.34. The van der Waals surface area contributed by atoms with Gasteiger partial charge < -0.3 is 80.1 Å². The maximum atomic E-state index is 10.6. The summed E-state index contributed by atoms with van der Waals surface area (Å²) < 4.78 is 96.7. The van der Waals surface area contributed by atoms with Crippen LogP contribution in [0.2, 0.25) is 0 Å². The van der Waals surface area contributed by atoms with E-state index in [1.54, 1.807) is 35.5 Å². The number of hydrogen-bond donors (Lipinski definition) is 5. The normalized spacial score (nSPS) is 41.2. The Morgan fingerprint density at radius 1 is 0.681 bits per heavy atom. The summed E-state index contributed by atoms with van der Waals surface area (Å²) in [6, 6.07) is -1.58. The van der Waals surface area contributed by atoms with Crippen molar-refractivity contribution in [2.75, 3.05) is 62.9 Å². The molecule has 15 atom stereocenters. The lowest BCUT2D eigenvalue weighted by atomic mass is 9.84. The molecule has 0 spiro atoms. The average Bonchev–Trinajstić information content (AvgIpc) is 3.02. The maximum absolute atomic E-state index is 10.6. The molecular formula is C27H51F3N4O13. The third kappa shape index (κ3) is 10.1. The van der Waals surface area contributed by atoms with Gasteiger partial charge in [0, 0.05) is 68.4 Å². The highest BCUT2D eigenvalue weighted by Crippen LogP contribution is 2.34. The lowest BCUT2D eigenvalue weighted by molar-refractivity contribution is -0.340. The fourth-order valence-electron chi connectivity index (χ4n) is 6.10. The van der Waals surface area contributed by atoms with Gasteiger partial charge in [-0.3, -0.25) is 0 Å². The van der Waals surface area contributed by atoms with Crippen molar-refractivity contribution in [2.24, 2.45) is 22.9 Å². The zero-order valence-corrected chi connectivity index (χ0v) is 27.6. The highest BCUT2D eigenvalue weighted by Gasteiger charge is 2.53. The smallest absolute Gasteiger partial charge is 0.475 e. The zero-order valence-electron chi connectivity index (χ0n) is 27.6. The first-order chi connectivity index (χ1) is 22.2. The summed E-state index contributed by atoms with van der Waals surface area (Å²) in [5, 5.41) is 7.12. The molecule has 0 aromatic carbocycles. The van der Waals surface area contributed by atoms with Gasteiger partial charge in [-0.05, 0) is 6.42 Å². The van der Waals surface area contributed by atoms with E-state index in [9.17, 15) is 13.2 Å². The number of carboxylic acid groups (broad SMARTS) is 1. The van der Waals surface area contributed by atoms with Crippen LogP contribution in [-0.4, -0.2) is 172 Å². The molecule has 9 N–H and O–H groups in total. The topological polar surface area (TPSA) is 243 Å². The Balaban J connectivity index is 0.000000984. The number of rotatable bonds is 13. The van der Waals surface area contributed by atoms with Gasteiger partial charge in [0.1, 0.15) is 61.0 Å². The van der Waals surface area contributed by atoms with Gasteiger partial charge in [0.25, 0.3) is 0 Å². The van der Waals surface area contributed by atoms with E-state index in [2.05, 4.69) is 0 Å². The number of methoxy groups -OCH3 is 7. The number of hydrogen-bond acceptors (Lipinski definition) is 16. The molecule has 20 heteroatoms. The lowest BCUT2D eigenvalue weighted by Gasteiger charge is -2.50. The second-order valence-electron chi connectivity index (χ2n) is 11.1. The van der Waals surface area contributed by atoms with Crippen molar-refractivity contribution in [3.8, 4) is 0 Å². The summed E-state index contributed by atoms with van der Waals surface area (Å²) in [7, 11) is 10.9. The first-order valence-corrected chi connectivity index (χ1v) is 14.7. The number of ether oxygens (including phenoxy) is 11. The van der Waals surface area contributed by atoms with Gasteiger partial charge in [0.15, 0.2) is 12.6 Å². The molecule has 2 aliphatic heterocycles. The van der Waals surface area contributed by atoms with Crippen LogP contribution in [0.1, 0.15) is 6.42 Å². The quantitative estimate of drug-likeness (QED) is 0.139. The van der Waals surface area contributed by atoms with Gasteiger partial charge in [0.05, 0.1) is 12.6 Å². The van der Waals surface area contributed by atoms with Crippen LogP contribution >= 0.6 is 0 Å². The van der Waals surface area contributed by atoms with E-state index < -0.39 is 104 Å². The monoisotopic (exact) mass is 696 g/mol. The zero-order chi connectivity index (χ0) is 35.6. The van der Waals surface area contributed by atoms with Gasteiger partial charge in [0.2, 0.25) is 0 Å². The molecule has 1 saturated carbocycles. The molecule has 3 fully saturated rings. The molecule has 0 aromatic rings. The van der Waals surface area contributed by atoms with E-state index in [0.29, 0.717) is 6.42 Å². The lowest BCUT2D eigenvalue weighted by Crippen LogP contribution is -2.69. The largest absolute Gasteiger partial charge is 0.490 e. The molecule has 0 radical (unpaired) electrons. The molecule has 3 aliphatic rings. The van der Waals surface area contributed by atoms with E-state index in [0.717, 1.165) is 0 Å². The van der Waals surface area contributed by atoms with Gasteiger partial charge in [-0.15, -0.1) is 0 Å². The molecule has 1 unspecified atom stereocenters. The first-order valence-electron chi connectivity index (χ1n) is 14.7. The number of carbonyl (C=O) groups is 1. The SMILES string of the molecule is COC[C@H]1O[C@H](O[C@@H]2[C@@H](OC)[C@H](OC3O[C@H](CN)[C@@H](OC)[C@H](OC)[C@H]3OC)[C@@H](N)C[C@H]2N)[C@H](OC)[C@@H](N)[C@@H]1OC.O=C(O)C(F)(F)F. The molecular weight excluding hydrogens is 645 g/mol. The standard InChI is InChI=1S/C25H50N4O11.C2HF3O2/c1-30-10-14-18(31-2)15(29)20(33-4)24(38-14)39-16-11(27)8-12(28)17(21(16)34-5)40-25-23(36-7)22(35-6)19(32-3)13(9-26)37-25;3-2(4,5)1(6)7/h11-25H,8-10,26-29H2,1-7H3;(H,6,7)/t11-,12+,13-,14-,15+,16+,17-,18-,19-,20-,21-,22+,23-,24-,25?;/m1./s1. The van der Waals surface area contributed by atoms with Crippen molar-refractivity contribution in [3.05, 3.63) is 0 Å². The van der Waals surface area contributed by atoms with Gasteiger partial charge in [-0.1, -0.05) is 0 Å². The van der Waals surface area contributed by atoms with Crippen molar-refractivity contribution >= 4 is 5.97 Å². The van der Waals surface area contributed by atoms with Gasteiger partial charge in [-0.25, -0.2) is 4.79 Å². The minimum atomic E-state index is -5.08. The maximum Gasteiger partial charge on any atom is 0.490 e. The van der Waals surface area contributed by atoms with Crippen LogP contribution in [0.25, 0.3) is 0 Å². The van der Waals surface area contributed by atoms with Crippen molar-refractivity contribution in [3.63, 3.8) is 0 Å². The second-order valence-corrected chi connectivity index (χ2v) is 11.1. The average molecular weight is 697 g/mol. The van der Waals surface area contributed by atoms with E-state index >= 15 is 0 Å². The summed E-state index contributed by atoms with van der Waals surface area (Å²) >= 11 is 0. The Morgan fingerprint density at radius 2 is 1.09 bits per heavy atom. The predicted molar refractivity (Wildman–Crippen MR) is 155 cm³/mol. The van der Waals surface area contributed by atoms with Crippen molar-refractivity contribution in [2.45, 2.75) is 104 Å². The van der Waals surface area contributed by atoms with E-state index in [1.807, 2.05) is 0 Å². The fourth-order valence-corrected chi connectivity index (χ4v) is 6.10. The van der Waals surface area contributed by atoms with E-state index in [-0.39, 0.29) is 13.2 Å². The van der Waals surface area contributed by atoms with Crippen LogP contribution in [0.3, 0.4) is 0 Å². The fraction of sp³-hybridized carbons (Fsp3) is 0.963. The molecule has 17 nitrogen and oxygen atoms in total. The van der Waals surface area contributed by atoms with E-state index in [1.165, 1.54) is 14.2 Å². The summed E-state index contributed by atoms with van der Waals surface area (Å²) in [4.78, 5) is 8.90. The third-order valence-electron chi connectivity index (χ3n) is 8.35. The molecule has 0 amide bonds. The van der Waals surface area contributed by atoms with Crippen LogP contribution in [-0.2, 0) is 56.9 Å². The number of aliphatic carboxylic acids is 1. The second kappa shape index (κ2) is 19.2. The van der Waals surface area contributed by atoms with Crippen molar-refractivity contribution in [1.82, 2.24) is 0 Å². The van der Waals surface area contributed by atoms with Crippen LogP contribution in [0.5, 0.6) is 0 Å². The van der Waals surface area contributed by atoms with Gasteiger partial charge in [-0.2, -0.15) is 13.2 Å². The van der Waals surface area contributed by atoms with Crippen LogP contribution in [0.15, 0.2) is 0 Å². The first kappa shape index (κ1) is 41.8. The van der Waals surface area contributed by atoms with Crippen LogP contribution in [0.4, 0.5) is 13.2 Å². The molecule has 2 heterocycles. The minimum absolute atomic E-state index is 0.179. The Kier molecular flexibility index (Phi) is 17.1. The summed E-state index contributed by atoms with van der Waals surface area (Å²) in [6.45, 7) is 0.422. The number of nitrogens with two attached hydrogens (primary N) is 4. The van der Waals surface area contributed by atoms with Crippen molar-refractivity contribution < 1.29 is 75.2 Å². The molecule has 2 saturated heterocycles. The van der Waals surface area contributed by atoms with Crippen molar-refractivity contribution in [1.29, 1.82) is 0 Å². The Labute approximate surface area is 271 Å². The highest BCUT2D eigenvalue weighted by molar-refractivity contribution is 5.73. The summed E-state index contributed by atoms with van der Waals surface area (Å²) in [5.74, 6) is -2.76. The molecule has 278 valence electrons. The Morgan fingerprint density at radius 3 is 1.47 bits per heavy atom. The molecule has 0 bridgehead atoms. The van der Waals surface area contributed by atoms with Gasteiger partial charge >= 0.3 is 12.1 Å². The third-order valence-corrected chi connectivity index (χ3v) is 8.35. The molecule has 3 rings (SSSR count).